The molecule has 1 unspecified atom stereocenters. The van der Waals surface area contributed by atoms with Crippen LogP contribution < -0.4 is 0 Å². The van der Waals surface area contributed by atoms with Gasteiger partial charge in [-0.1, -0.05) is 153 Å². The lowest BCUT2D eigenvalue weighted by molar-refractivity contribution is 0.729. The van der Waals surface area contributed by atoms with Crippen molar-refractivity contribution in [2.24, 2.45) is 9.98 Å². The normalized spacial score (nSPS) is 13.5. The van der Waals surface area contributed by atoms with Crippen molar-refractivity contribution in [3.8, 4) is 16.8 Å². The Labute approximate surface area is 320 Å². The molecule has 0 spiro atoms. The van der Waals surface area contributed by atoms with Crippen LogP contribution in [0.2, 0.25) is 0 Å². The van der Waals surface area contributed by atoms with Gasteiger partial charge in [-0.15, -0.1) is 0 Å². The zero-order valence-electron chi connectivity index (χ0n) is 30.9. The van der Waals surface area contributed by atoms with Gasteiger partial charge in [0.15, 0.2) is 5.84 Å². The molecule has 1 aliphatic carbocycles. The summed E-state index contributed by atoms with van der Waals surface area (Å²) in [6, 6.07) is 57.7. The standard InChI is InChI=1S/C51H38N4/c1-4-45(34-17-6-5-7-18-34)53-50(35-29-30-42-40-22-10-9-20-38(40)39-21-11-12-23-41(39)44(42)31-35)52-33(3)51-54-46-26-14-15-27-47(46)55(51)48-28-16-25-37-32(2)36-19-8-13-24-43(36)49(37)48/h5-31,33H,2,4H2,1,3H3. The first-order valence-electron chi connectivity index (χ1n) is 19.0. The summed E-state index contributed by atoms with van der Waals surface area (Å²) >= 11 is 0. The second kappa shape index (κ2) is 13.2. The molecule has 9 aromatic rings. The van der Waals surface area contributed by atoms with Crippen molar-refractivity contribution in [2.75, 3.05) is 0 Å². The van der Waals surface area contributed by atoms with E-state index in [-0.39, 0.29) is 6.04 Å². The van der Waals surface area contributed by atoms with Gasteiger partial charge >= 0.3 is 0 Å². The maximum Gasteiger partial charge on any atom is 0.155 e. The smallest absolute Gasteiger partial charge is 0.155 e. The van der Waals surface area contributed by atoms with Crippen molar-refractivity contribution in [1.82, 2.24) is 9.55 Å². The van der Waals surface area contributed by atoms with E-state index in [2.05, 4.69) is 183 Å². The van der Waals surface area contributed by atoms with E-state index in [0.29, 0.717) is 5.84 Å². The van der Waals surface area contributed by atoms with Gasteiger partial charge in [0.05, 0.1) is 16.7 Å². The highest BCUT2D eigenvalue weighted by atomic mass is 15.1. The zero-order chi connectivity index (χ0) is 37.0. The summed E-state index contributed by atoms with van der Waals surface area (Å²) in [5.41, 5.74) is 11.8. The van der Waals surface area contributed by atoms with Crippen molar-refractivity contribution in [2.45, 2.75) is 26.3 Å². The highest BCUT2D eigenvalue weighted by Gasteiger charge is 2.28. The molecule has 262 valence electrons. The minimum Gasteiger partial charge on any atom is -0.294 e. The highest BCUT2D eigenvalue weighted by molar-refractivity contribution is 6.26. The maximum absolute atomic E-state index is 5.54. The number of amidine groups is 1. The van der Waals surface area contributed by atoms with E-state index in [9.17, 15) is 0 Å². The lowest BCUT2D eigenvalue weighted by Gasteiger charge is -2.17. The number of rotatable bonds is 6. The van der Waals surface area contributed by atoms with E-state index in [1.165, 1.54) is 49.0 Å². The number of hydrogen-bond acceptors (Lipinski definition) is 2. The minimum atomic E-state index is -0.347. The molecule has 1 aromatic heterocycles. The first kappa shape index (κ1) is 32.7. The fraction of sp³-hybridized carbons (Fsp3) is 0.0784. The first-order valence-corrected chi connectivity index (χ1v) is 19.0. The molecule has 0 saturated heterocycles. The monoisotopic (exact) mass is 706 g/mol. The molecule has 10 rings (SSSR count). The lowest BCUT2D eigenvalue weighted by atomic mass is 9.93. The number of fused-ring (bicyclic) bond motifs is 10. The van der Waals surface area contributed by atoms with Crippen LogP contribution in [-0.4, -0.2) is 21.1 Å². The van der Waals surface area contributed by atoms with Crippen LogP contribution in [0.15, 0.2) is 180 Å². The fourth-order valence-electron chi connectivity index (χ4n) is 8.51. The van der Waals surface area contributed by atoms with Crippen molar-refractivity contribution in [3.05, 3.63) is 198 Å². The molecule has 4 heteroatoms. The van der Waals surface area contributed by atoms with Gasteiger partial charge in [-0.3, -0.25) is 9.56 Å². The summed E-state index contributed by atoms with van der Waals surface area (Å²) < 4.78 is 2.30. The number of hydrogen-bond donors (Lipinski definition) is 0. The average molecular weight is 707 g/mol. The highest BCUT2D eigenvalue weighted by Crippen LogP contribution is 2.47. The topological polar surface area (TPSA) is 42.5 Å². The largest absolute Gasteiger partial charge is 0.294 e. The molecule has 0 N–H and O–H groups in total. The summed E-state index contributed by atoms with van der Waals surface area (Å²) in [6.45, 7) is 8.81. The number of para-hydroxylation sites is 2. The van der Waals surface area contributed by atoms with Crippen molar-refractivity contribution in [3.63, 3.8) is 0 Å². The Hall–Kier alpha value is -6.91. The van der Waals surface area contributed by atoms with E-state index >= 15 is 0 Å². The quantitative estimate of drug-likeness (QED) is 0.0964. The second-order valence-electron chi connectivity index (χ2n) is 14.3. The van der Waals surface area contributed by atoms with Crippen molar-refractivity contribution in [1.29, 1.82) is 0 Å². The molecule has 55 heavy (non-hydrogen) atoms. The SMILES string of the molecule is C=C1c2ccccc2-c2c1cccc2-n1c(C(C)N=C(N=C(CC)c2ccccc2)c2ccc3c4ccccc4c4ccccc4c3c2)nc2ccccc21. The summed E-state index contributed by atoms with van der Waals surface area (Å²) in [7, 11) is 0. The third-order valence-corrected chi connectivity index (χ3v) is 11.1. The van der Waals surface area contributed by atoms with Gasteiger partial charge in [-0.25, -0.2) is 9.98 Å². The van der Waals surface area contributed by atoms with Crippen LogP contribution in [0.5, 0.6) is 0 Å². The number of benzene rings is 8. The number of aliphatic imine (C=N–C) groups is 2. The minimum absolute atomic E-state index is 0.347. The lowest BCUT2D eigenvalue weighted by Crippen LogP contribution is -2.10. The molecule has 0 bridgehead atoms. The predicted molar refractivity (Wildman–Crippen MR) is 232 cm³/mol. The zero-order valence-corrected chi connectivity index (χ0v) is 30.9. The van der Waals surface area contributed by atoms with Crippen LogP contribution in [0.3, 0.4) is 0 Å². The molecule has 0 radical (unpaired) electrons. The van der Waals surface area contributed by atoms with Gasteiger partial charge < -0.3 is 0 Å². The summed E-state index contributed by atoms with van der Waals surface area (Å²) in [4.78, 5) is 16.3. The maximum atomic E-state index is 5.54. The van der Waals surface area contributed by atoms with Crippen molar-refractivity contribution < 1.29 is 0 Å². The van der Waals surface area contributed by atoms with Crippen LogP contribution in [0.4, 0.5) is 0 Å². The molecule has 1 aliphatic rings. The molecule has 8 aromatic carbocycles. The Morgan fingerprint density at radius 2 is 1.20 bits per heavy atom. The molecule has 0 amide bonds. The molecule has 1 heterocycles. The Kier molecular flexibility index (Phi) is 7.85. The van der Waals surface area contributed by atoms with Crippen molar-refractivity contribution >= 4 is 60.5 Å². The van der Waals surface area contributed by atoms with Gasteiger partial charge in [-0.05, 0) is 97.8 Å². The third kappa shape index (κ3) is 5.32. The Bertz CT molecular complexity index is 3020. The average Bonchev–Trinajstić information content (AvgIpc) is 3.78. The molecule has 4 nitrogen and oxygen atoms in total. The van der Waals surface area contributed by atoms with E-state index < -0.39 is 0 Å². The van der Waals surface area contributed by atoms with Crippen LogP contribution >= 0.6 is 0 Å². The van der Waals surface area contributed by atoms with Crippen LogP contribution in [0.1, 0.15) is 54.4 Å². The van der Waals surface area contributed by atoms with E-state index in [1.54, 1.807) is 0 Å². The molecule has 1 atom stereocenters. The first-order chi connectivity index (χ1) is 27.1. The fourth-order valence-corrected chi connectivity index (χ4v) is 8.51. The van der Waals surface area contributed by atoms with E-state index in [0.717, 1.165) is 56.9 Å². The third-order valence-electron chi connectivity index (χ3n) is 11.1. The summed E-state index contributed by atoms with van der Waals surface area (Å²) in [5, 5.41) is 7.36. The Balaban J connectivity index is 1.21. The van der Waals surface area contributed by atoms with Gasteiger partial charge in [-0.2, -0.15) is 0 Å². The van der Waals surface area contributed by atoms with Gasteiger partial charge in [0.1, 0.15) is 11.9 Å². The molecular formula is C51H38N4. The summed E-state index contributed by atoms with van der Waals surface area (Å²) in [6.07, 6.45) is 0.760. The second-order valence-corrected chi connectivity index (χ2v) is 14.3. The Morgan fingerprint density at radius 1 is 0.600 bits per heavy atom. The van der Waals surface area contributed by atoms with Crippen LogP contribution in [0, 0.1) is 0 Å². The molecule has 0 fully saturated rings. The van der Waals surface area contributed by atoms with E-state index in [1.807, 2.05) is 6.07 Å². The molecule has 0 saturated carbocycles. The van der Waals surface area contributed by atoms with E-state index in [4.69, 9.17) is 15.0 Å². The van der Waals surface area contributed by atoms with Gasteiger partial charge in [0.25, 0.3) is 0 Å². The molecule has 0 aliphatic heterocycles. The number of aromatic nitrogens is 2. The number of imidazole rings is 1. The predicted octanol–water partition coefficient (Wildman–Crippen LogP) is 12.9. The number of nitrogens with zero attached hydrogens (tertiary/aromatic N) is 4. The van der Waals surface area contributed by atoms with Gasteiger partial charge in [0, 0.05) is 16.8 Å². The van der Waals surface area contributed by atoms with Crippen LogP contribution in [0.25, 0.3) is 65.7 Å². The molecular weight excluding hydrogens is 669 g/mol. The van der Waals surface area contributed by atoms with Gasteiger partial charge in [0.2, 0.25) is 0 Å². The summed E-state index contributed by atoms with van der Waals surface area (Å²) in [5.74, 6) is 1.54. The van der Waals surface area contributed by atoms with Crippen LogP contribution in [-0.2, 0) is 0 Å². The Morgan fingerprint density at radius 3 is 1.93 bits per heavy atom.